The predicted octanol–water partition coefficient (Wildman–Crippen LogP) is 3.38. The maximum Gasteiger partial charge on any atom is 0.251 e. The minimum Gasteiger partial charge on any atom is -0.370 e. The number of carbonyl (C=O) groups is 1. The van der Waals surface area contributed by atoms with Crippen molar-refractivity contribution in [3.05, 3.63) is 59.2 Å². The predicted molar refractivity (Wildman–Crippen MR) is 72.5 cm³/mol. The van der Waals surface area contributed by atoms with E-state index in [0.29, 0.717) is 5.69 Å². The molecule has 0 saturated carbocycles. The van der Waals surface area contributed by atoms with E-state index in [2.05, 4.69) is 10.6 Å². The van der Waals surface area contributed by atoms with Crippen molar-refractivity contribution in [1.29, 1.82) is 0 Å². The Balaban J connectivity index is 1.93. The molecule has 0 radical (unpaired) electrons. The fourth-order valence-corrected chi connectivity index (χ4v) is 2.28. The molecular formula is C15H12F2N2O. The van der Waals surface area contributed by atoms with Gasteiger partial charge in [-0.15, -0.1) is 0 Å². The first kappa shape index (κ1) is 12.6. The molecule has 0 fully saturated rings. The van der Waals surface area contributed by atoms with Gasteiger partial charge in [0, 0.05) is 23.0 Å². The number of anilines is 2. The lowest BCUT2D eigenvalue weighted by atomic mass is 10.1. The van der Waals surface area contributed by atoms with Crippen molar-refractivity contribution in [3.8, 4) is 0 Å². The number of benzene rings is 2. The van der Waals surface area contributed by atoms with Crippen LogP contribution in [0.1, 0.15) is 17.2 Å². The van der Waals surface area contributed by atoms with Crippen molar-refractivity contribution in [2.45, 2.75) is 13.0 Å². The molecule has 0 bridgehead atoms. The molecule has 1 aliphatic rings. The van der Waals surface area contributed by atoms with Crippen molar-refractivity contribution < 1.29 is 13.6 Å². The van der Waals surface area contributed by atoms with Gasteiger partial charge in [0.2, 0.25) is 0 Å². The fraction of sp³-hybridized carbons (Fsp3) is 0.133. The molecule has 3 rings (SSSR count). The minimum atomic E-state index is -0.946. The van der Waals surface area contributed by atoms with Gasteiger partial charge in [-0.25, -0.2) is 8.78 Å². The molecule has 1 aliphatic heterocycles. The smallest absolute Gasteiger partial charge is 0.251 e. The summed E-state index contributed by atoms with van der Waals surface area (Å²) in [5.74, 6) is -2.07. The molecule has 1 amide bonds. The van der Waals surface area contributed by atoms with Crippen LogP contribution in [0, 0.1) is 18.6 Å². The van der Waals surface area contributed by atoms with E-state index >= 15 is 0 Å². The second kappa shape index (κ2) is 4.59. The normalized spacial score (nSPS) is 16.8. The van der Waals surface area contributed by atoms with Gasteiger partial charge in [-0.2, -0.15) is 0 Å². The summed E-state index contributed by atoms with van der Waals surface area (Å²) < 4.78 is 26.1. The standard InChI is InChI=1S/C15H12F2N2O/c1-8-2-5-13-10(6-8)14(15(20)19-13)18-9-3-4-11(16)12(17)7-9/h2-7,14,18H,1H3,(H,19,20). The SMILES string of the molecule is Cc1ccc2c(c1)C(Nc1ccc(F)c(F)c1)C(=O)N2. The first-order valence-corrected chi connectivity index (χ1v) is 6.17. The molecule has 2 aromatic rings. The molecule has 0 aromatic heterocycles. The molecule has 20 heavy (non-hydrogen) atoms. The van der Waals surface area contributed by atoms with Crippen molar-refractivity contribution >= 4 is 17.3 Å². The molecule has 102 valence electrons. The number of halogens is 2. The number of nitrogens with one attached hydrogen (secondary N) is 2. The van der Waals surface area contributed by atoms with Crippen LogP contribution in [-0.4, -0.2) is 5.91 Å². The maximum absolute atomic E-state index is 13.2. The highest BCUT2D eigenvalue weighted by Gasteiger charge is 2.30. The van der Waals surface area contributed by atoms with Gasteiger partial charge < -0.3 is 10.6 Å². The monoisotopic (exact) mass is 274 g/mol. The summed E-state index contributed by atoms with van der Waals surface area (Å²) in [5.41, 5.74) is 2.93. The second-order valence-corrected chi connectivity index (χ2v) is 4.79. The third-order valence-corrected chi connectivity index (χ3v) is 3.27. The molecule has 1 unspecified atom stereocenters. The average Bonchev–Trinajstić information content (AvgIpc) is 2.70. The van der Waals surface area contributed by atoms with Gasteiger partial charge in [0.05, 0.1) is 0 Å². The Morgan fingerprint density at radius 2 is 1.90 bits per heavy atom. The van der Waals surface area contributed by atoms with Gasteiger partial charge >= 0.3 is 0 Å². The van der Waals surface area contributed by atoms with Crippen LogP contribution in [0.2, 0.25) is 0 Å². The van der Waals surface area contributed by atoms with Crippen LogP contribution in [0.15, 0.2) is 36.4 Å². The topological polar surface area (TPSA) is 41.1 Å². The van der Waals surface area contributed by atoms with Crippen LogP contribution < -0.4 is 10.6 Å². The zero-order valence-electron chi connectivity index (χ0n) is 10.7. The number of rotatable bonds is 2. The van der Waals surface area contributed by atoms with E-state index in [1.54, 1.807) is 0 Å². The first-order chi connectivity index (χ1) is 9.54. The molecule has 0 saturated heterocycles. The van der Waals surface area contributed by atoms with Crippen LogP contribution in [-0.2, 0) is 4.79 Å². The average molecular weight is 274 g/mol. The van der Waals surface area contributed by atoms with Crippen LogP contribution in [0.25, 0.3) is 0 Å². The number of hydrogen-bond acceptors (Lipinski definition) is 2. The molecule has 0 spiro atoms. The molecular weight excluding hydrogens is 262 g/mol. The van der Waals surface area contributed by atoms with Gasteiger partial charge in [-0.3, -0.25) is 4.79 Å². The van der Waals surface area contributed by atoms with Gasteiger partial charge in [0.15, 0.2) is 11.6 Å². The molecule has 1 atom stereocenters. The summed E-state index contributed by atoms with van der Waals surface area (Å²) in [5, 5.41) is 5.68. The van der Waals surface area contributed by atoms with Crippen molar-refractivity contribution in [2.24, 2.45) is 0 Å². The van der Waals surface area contributed by atoms with E-state index in [0.717, 1.165) is 28.9 Å². The van der Waals surface area contributed by atoms with E-state index in [1.807, 2.05) is 25.1 Å². The van der Waals surface area contributed by atoms with E-state index in [9.17, 15) is 13.6 Å². The third kappa shape index (κ3) is 2.11. The molecule has 3 nitrogen and oxygen atoms in total. The molecule has 0 aliphatic carbocycles. The van der Waals surface area contributed by atoms with Gasteiger partial charge in [0.25, 0.3) is 5.91 Å². The number of carbonyl (C=O) groups excluding carboxylic acids is 1. The van der Waals surface area contributed by atoms with Crippen LogP contribution >= 0.6 is 0 Å². The number of aryl methyl sites for hydroxylation is 1. The van der Waals surface area contributed by atoms with Crippen LogP contribution in [0.5, 0.6) is 0 Å². The molecule has 5 heteroatoms. The highest BCUT2D eigenvalue weighted by molar-refractivity contribution is 6.04. The number of fused-ring (bicyclic) bond motifs is 1. The zero-order chi connectivity index (χ0) is 14.3. The summed E-state index contributed by atoms with van der Waals surface area (Å²) in [4.78, 5) is 12.0. The summed E-state index contributed by atoms with van der Waals surface area (Å²) >= 11 is 0. The first-order valence-electron chi connectivity index (χ1n) is 6.17. The van der Waals surface area contributed by atoms with E-state index in [-0.39, 0.29) is 5.91 Å². The highest BCUT2D eigenvalue weighted by atomic mass is 19.2. The Morgan fingerprint density at radius 3 is 2.65 bits per heavy atom. The lowest BCUT2D eigenvalue weighted by Gasteiger charge is -2.13. The quantitative estimate of drug-likeness (QED) is 0.881. The summed E-state index contributed by atoms with van der Waals surface area (Å²) in [6.45, 7) is 1.93. The lowest BCUT2D eigenvalue weighted by molar-refractivity contribution is -0.116. The molecule has 2 aromatic carbocycles. The van der Waals surface area contributed by atoms with E-state index < -0.39 is 17.7 Å². The van der Waals surface area contributed by atoms with E-state index in [4.69, 9.17) is 0 Å². The minimum absolute atomic E-state index is 0.213. The Labute approximate surface area is 114 Å². The lowest BCUT2D eigenvalue weighted by Crippen LogP contribution is -2.19. The molecule has 2 N–H and O–H groups in total. The third-order valence-electron chi connectivity index (χ3n) is 3.27. The van der Waals surface area contributed by atoms with Gasteiger partial charge in [0.1, 0.15) is 6.04 Å². The zero-order valence-corrected chi connectivity index (χ0v) is 10.7. The maximum atomic E-state index is 13.2. The summed E-state index contributed by atoms with van der Waals surface area (Å²) in [6, 6.07) is 8.49. The summed E-state index contributed by atoms with van der Waals surface area (Å²) in [7, 11) is 0. The van der Waals surface area contributed by atoms with Crippen LogP contribution in [0.3, 0.4) is 0 Å². The summed E-state index contributed by atoms with van der Waals surface area (Å²) in [6.07, 6.45) is 0. The van der Waals surface area contributed by atoms with Crippen molar-refractivity contribution in [2.75, 3.05) is 10.6 Å². The fourth-order valence-electron chi connectivity index (χ4n) is 2.28. The van der Waals surface area contributed by atoms with E-state index in [1.165, 1.54) is 6.07 Å². The van der Waals surface area contributed by atoms with Crippen LogP contribution in [0.4, 0.5) is 20.2 Å². The Bertz CT molecular complexity index is 700. The van der Waals surface area contributed by atoms with Crippen molar-refractivity contribution in [3.63, 3.8) is 0 Å². The number of hydrogen-bond donors (Lipinski definition) is 2. The van der Waals surface area contributed by atoms with Crippen molar-refractivity contribution in [1.82, 2.24) is 0 Å². The Hall–Kier alpha value is -2.43. The number of amides is 1. The van der Waals surface area contributed by atoms with Gasteiger partial charge in [-0.1, -0.05) is 17.7 Å². The Morgan fingerprint density at radius 1 is 1.10 bits per heavy atom. The molecule has 1 heterocycles. The second-order valence-electron chi connectivity index (χ2n) is 4.79. The van der Waals surface area contributed by atoms with Gasteiger partial charge in [-0.05, 0) is 25.1 Å². The largest absolute Gasteiger partial charge is 0.370 e. The highest BCUT2D eigenvalue weighted by Crippen LogP contribution is 2.34. The Kier molecular flexibility index (Phi) is 2.89.